The lowest BCUT2D eigenvalue weighted by molar-refractivity contribution is -0.142. The maximum atomic E-state index is 11.6. The van der Waals surface area contributed by atoms with Crippen molar-refractivity contribution in [3.8, 4) is 0 Å². The zero-order chi connectivity index (χ0) is 15.9. The fourth-order valence-corrected chi connectivity index (χ4v) is 1.56. The van der Waals surface area contributed by atoms with Gasteiger partial charge in [0.2, 0.25) is 0 Å². The minimum Gasteiger partial charge on any atom is -0.464 e. The van der Waals surface area contributed by atoms with E-state index in [1.807, 2.05) is 31.2 Å². The Morgan fingerprint density at radius 2 is 1.76 bits per heavy atom. The number of benzene rings is 1. The molecule has 5 heteroatoms. The van der Waals surface area contributed by atoms with Crippen molar-refractivity contribution in [3.05, 3.63) is 35.4 Å². The molecule has 1 aromatic rings. The third-order valence-corrected chi connectivity index (χ3v) is 2.50. The summed E-state index contributed by atoms with van der Waals surface area (Å²) in [5.74, 6) is -0.315. The predicted octanol–water partition coefficient (Wildman–Crippen LogP) is 2.61. The highest BCUT2D eigenvalue weighted by molar-refractivity contribution is 5.72. The molecule has 0 fully saturated rings. The molecule has 1 amide bonds. The second-order valence-electron chi connectivity index (χ2n) is 5.81. The number of carbonyl (C=O) groups excluding carboxylic acids is 2. The summed E-state index contributed by atoms with van der Waals surface area (Å²) in [7, 11) is 0. The molecule has 0 atom stereocenters. The van der Waals surface area contributed by atoms with Gasteiger partial charge in [-0.15, -0.1) is 0 Å². The van der Waals surface area contributed by atoms with Gasteiger partial charge in [-0.25, -0.2) is 4.79 Å². The van der Waals surface area contributed by atoms with Crippen molar-refractivity contribution in [1.29, 1.82) is 0 Å². The number of aryl methyl sites for hydroxylation is 1. The largest absolute Gasteiger partial charge is 0.464 e. The van der Waals surface area contributed by atoms with Crippen LogP contribution in [0.5, 0.6) is 0 Å². The molecule has 0 aliphatic heterocycles. The number of esters is 1. The van der Waals surface area contributed by atoms with Gasteiger partial charge in [0.1, 0.15) is 12.2 Å². The smallest absolute Gasteiger partial charge is 0.407 e. The lowest BCUT2D eigenvalue weighted by Gasteiger charge is -2.19. The Hall–Kier alpha value is -2.04. The summed E-state index contributed by atoms with van der Waals surface area (Å²) in [6, 6.07) is 7.70. The fourth-order valence-electron chi connectivity index (χ4n) is 1.56. The molecule has 1 rings (SSSR count). The molecule has 0 unspecified atom stereocenters. The summed E-state index contributed by atoms with van der Waals surface area (Å²) in [4.78, 5) is 23.0. The molecule has 5 nitrogen and oxygen atoms in total. The van der Waals surface area contributed by atoms with Crippen molar-refractivity contribution in [2.75, 3.05) is 13.2 Å². The second-order valence-corrected chi connectivity index (χ2v) is 5.81. The maximum absolute atomic E-state index is 11.6. The SMILES string of the molecule is Cc1ccc(CC(=O)OCCNC(=O)OC(C)(C)C)cc1. The zero-order valence-electron chi connectivity index (χ0n) is 13.1. The first kappa shape index (κ1) is 17.0. The normalized spacial score (nSPS) is 10.9. The van der Waals surface area contributed by atoms with Crippen LogP contribution >= 0.6 is 0 Å². The number of hydrogen-bond acceptors (Lipinski definition) is 4. The molecule has 1 aromatic carbocycles. The van der Waals surface area contributed by atoms with Gasteiger partial charge in [-0.1, -0.05) is 29.8 Å². The molecule has 0 bridgehead atoms. The van der Waals surface area contributed by atoms with Crippen molar-refractivity contribution in [3.63, 3.8) is 0 Å². The lowest BCUT2D eigenvalue weighted by Crippen LogP contribution is -2.34. The summed E-state index contributed by atoms with van der Waals surface area (Å²) in [6.45, 7) is 7.71. The van der Waals surface area contributed by atoms with E-state index in [2.05, 4.69) is 5.32 Å². The van der Waals surface area contributed by atoms with Gasteiger partial charge in [0.25, 0.3) is 0 Å². The highest BCUT2D eigenvalue weighted by Gasteiger charge is 2.15. The monoisotopic (exact) mass is 293 g/mol. The predicted molar refractivity (Wildman–Crippen MR) is 80.1 cm³/mol. The van der Waals surface area contributed by atoms with Crippen LogP contribution in [0.3, 0.4) is 0 Å². The van der Waals surface area contributed by atoms with Crippen LogP contribution in [-0.4, -0.2) is 30.8 Å². The highest BCUT2D eigenvalue weighted by atomic mass is 16.6. The molecule has 21 heavy (non-hydrogen) atoms. The first-order chi connectivity index (χ1) is 9.76. The summed E-state index contributed by atoms with van der Waals surface area (Å²) >= 11 is 0. The second kappa shape index (κ2) is 7.67. The molecule has 0 saturated heterocycles. The quantitative estimate of drug-likeness (QED) is 0.669. The summed E-state index contributed by atoms with van der Waals surface area (Å²) in [5.41, 5.74) is 1.52. The van der Waals surface area contributed by atoms with Gasteiger partial charge in [-0.05, 0) is 33.3 Å². The van der Waals surface area contributed by atoms with Crippen LogP contribution in [0.2, 0.25) is 0 Å². The molecule has 1 N–H and O–H groups in total. The summed E-state index contributed by atoms with van der Waals surface area (Å²) in [6.07, 6.45) is -0.288. The zero-order valence-corrected chi connectivity index (χ0v) is 13.1. The van der Waals surface area contributed by atoms with Gasteiger partial charge in [-0.2, -0.15) is 0 Å². The van der Waals surface area contributed by atoms with Gasteiger partial charge >= 0.3 is 12.1 Å². The van der Waals surface area contributed by atoms with E-state index in [4.69, 9.17) is 9.47 Å². The topological polar surface area (TPSA) is 64.6 Å². The molecular formula is C16H23NO4. The summed E-state index contributed by atoms with van der Waals surface area (Å²) in [5, 5.41) is 2.53. The molecule has 0 saturated carbocycles. The van der Waals surface area contributed by atoms with Crippen LogP contribution in [0.4, 0.5) is 4.79 Å². The van der Waals surface area contributed by atoms with Gasteiger partial charge < -0.3 is 14.8 Å². The summed E-state index contributed by atoms with van der Waals surface area (Å²) < 4.78 is 10.1. The van der Waals surface area contributed by atoms with E-state index in [9.17, 15) is 9.59 Å². The van der Waals surface area contributed by atoms with Crippen LogP contribution < -0.4 is 5.32 Å². The van der Waals surface area contributed by atoms with Crippen LogP contribution in [0.1, 0.15) is 31.9 Å². The van der Waals surface area contributed by atoms with Crippen molar-refractivity contribution in [2.24, 2.45) is 0 Å². The third-order valence-electron chi connectivity index (χ3n) is 2.50. The van der Waals surface area contributed by atoms with Gasteiger partial charge in [0.15, 0.2) is 0 Å². The number of rotatable bonds is 5. The minimum absolute atomic E-state index is 0.129. The van der Waals surface area contributed by atoms with Crippen molar-refractivity contribution in [2.45, 2.75) is 39.7 Å². The Labute approximate surface area is 125 Å². The Morgan fingerprint density at radius 1 is 1.14 bits per heavy atom. The Bertz CT molecular complexity index is 474. The Morgan fingerprint density at radius 3 is 2.33 bits per heavy atom. The first-order valence-electron chi connectivity index (χ1n) is 6.94. The minimum atomic E-state index is -0.536. The molecule has 0 aliphatic rings. The lowest BCUT2D eigenvalue weighted by atomic mass is 10.1. The van der Waals surface area contributed by atoms with Crippen LogP contribution in [0.15, 0.2) is 24.3 Å². The molecule has 116 valence electrons. The number of hydrogen-bond donors (Lipinski definition) is 1. The van der Waals surface area contributed by atoms with E-state index in [1.54, 1.807) is 20.8 Å². The van der Waals surface area contributed by atoms with E-state index in [0.29, 0.717) is 0 Å². The molecule has 0 heterocycles. The number of ether oxygens (including phenoxy) is 2. The molecule has 0 spiro atoms. The van der Waals surface area contributed by atoms with Gasteiger partial charge in [0.05, 0.1) is 13.0 Å². The van der Waals surface area contributed by atoms with E-state index >= 15 is 0 Å². The van der Waals surface area contributed by atoms with E-state index in [0.717, 1.165) is 11.1 Å². The maximum Gasteiger partial charge on any atom is 0.407 e. The number of nitrogens with one attached hydrogen (secondary N) is 1. The van der Waals surface area contributed by atoms with E-state index in [-0.39, 0.29) is 25.5 Å². The van der Waals surface area contributed by atoms with Crippen molar-refractivity contribution in [1.82, 2.24) is 5.32 Å². The van der Waals surface area contributed by atoms with Gasteiger partial charge in [-0.3, -0.25) is 4.79 Å². The van der Waals surface area contributed by atoms with E-state index in [1.165, 1.54) is 0 Å². The number of amides is 1. The standard InChI is InChI=1S/C16H23NO4/c1-12-5-7-13(8-6-12)11-14(18)20-10-9-17-15(19)21-16(2,3)4/h5-8H,9-11H2,1-4H3,(H,17,19). The van der Waals surface area contributed by atoms with Crippen LogP contribution in [-0.2, 0) is 20.7 Å². The van der Waals surface area contributed by atoms with Crippen LogP contribution in [0.25, 0.3) is 0 Å². The third kappa shape index (κ3) is 7.97. The molecular weight excluding hydrogens is 270 g/mol. The fraction of sp³-hybridized carbons (Fsp3) is 0.500. The number of alkyl carbamates (subject to hydrolysis) is 1. The molecule has 0 aromatic heterocycles. The first-order valence-corrected chi connectivity index (χ1v) is 6.94. The average Bonchev–Trinajstić information content (AvgIpc) is 2.35. The van der Waals surface area contributed by atoms with Gasteiger partial charge in [0, 0.05) is 0 Å². The highest BCUT2D eigenvalue weighted by Crippen LogP contribution is 2.06. The van der Waals surface area contributed by atoms with E-state index < -0.39 is 11.7 Å². The Kier molecular flexibility index (Phi) is 6.21. The Balaban J connectivity index is 2.19. The number of carbonyl (C=O) groups is 2. The van der Waals surface area contributed by atoms with Crippen molar-refractivity contribution < 1.29 is 19.1 Å². The molecule has 0 radical (unpaired) electrons. The molecule has 0 aliphatic carbocycles. The average molecular weight is 293 g/mol. The van der Waals surface area contributed by atoms with Crippen LogP contribution in [0, 0.1) is 6.92 Å². The van der Waals surface area contributed by atoms with Crippen molar-refractivity contribution >= 4 is 12.1 Å².